The van der Waals surface area contributed by atoms with Crippen molar-refractivity contribution >= 4 is 6.29 Å². The van der Waals surface area contributed by atoms with E-state index in [1.54, 1.807) is 0 Å². The molecule has 0 saturated heterocycles. The van der Waals surface area contributed by atoms with Crippen LogP contribution in [0.4, 0.5) is 0 Å². The molecule has 0 bridgehead atoms. The molecule has 1 aromatic carbocycles. The minimum atomic E-state index is 0.631. The van der Waals surface area contributed by atoms with Crippen LogP contribution in [0.15, 0.2) is 18.2 Å². The summed E-state index contributed by atoms with van der Waals surface area (Å²) in [5.41, 5.74) is 4.14. The Hall–Kier alpha value is -1.15. The SMILES string of the molecule is O=CCCc1ccc2c(c1)CNCC2. The molecule has 0 fully saturated rings. The smallest absolute Gasteiger partial charge is 0.120 e. The zero-order valence-electron chi connectivity index (χ0n) is 8.25. The number of hydrogen-bond donors (Lipinski definition) is 1. The standard InChI is InChI=1S/C12H15NO/c14-7-1-2-10-3-4-11-5-6-13-9-12(11)8-10/h3-4,7-8,13H,1-2,5-6,9H2. The van der Waals surface area contributed by atoms with Crippen molar-refractivity contribution in [3.8, 4) is 0 Å². The molecular formula is C12H15NO. The average molecular weight is 189 g/mol. The van der Waals surface area contributed by atoms with Crippen molar-refractivity contribution in [2.24, 2.45) is 0 Å². The molecule has 0 aromatic heterocycles. The van der Waals surface area contributed by atoms with Gasteiger partial charge in [0.05, 0.1) is 0 Å². The summed E-state index contributed by atoms with van der Waals surface area (Å²) < 4.78 is 0. The van der Waals surface area contributed by atoms with Crippen molar-refractivity contribution in [1.29, 1.82) is 0 Å². The van der Waals surface area contributed by atoms with E-state index in [0.717, 1.165) is 32.2 Å². The van der Waals surface area contributed by atoms with Gasteiger partial charge in [-0.15, -0.1) is 0 Å². The zero-order valence-corrected chi connectivity index (χ0v) is 8.25. The van der Waals surface area contributed by atoms with Gasteiger partial charge in [-0.2, -0.15) is 0 Å². The fraction of sp³-hybridized carbons (Fsp3) is 0.417. The van der Waals surface area contributed by atoms with Gasteiger partial charge in [0, 0.05) is 13.0 Å². The van der Waals surface area contributed by atoms with Gasteiger partial charge in [0.1, 0.15) is 6.29 Å². The number of rotatable bonds is 3. The molecule has 0 atom stereocenters. The quantitative estimate of drug-likeness (QED) is 0.729. The second-order valence-corrected chi connectivity index (χ2v) is 3.74. The number of carbonyl (C=O) groups is 1. The van der Waals surface area contributed by atoms with Gasteiger partial charge in [-0.1, -0.05) is 18.2 Å². The van der Waals surface area contributed by atoms with E-state index in [-0.39, 0.29) is 0 Å². The Bertz CT molecular complexity index is 333. The van der Waals surface area contributed by atoms with E-state index < -0.39 is 0 Å². The number of carbonyl (C=O) groups excluding carboxylic acids is 1. The van der Waals surface area contributed by atoms with Gasteiger partial charge in [-0.05, 0) is 36.1 Å². The minimum Gasteiger partial charge on any atom is -0.312 e. The van der Waals surface area contributed by atoms with Crippen molar-refractivity contribution in [3.05, 3.63) is 34.9 Å². The van der Waals surface area contributed by atoms with Crippen molar-refractivity contribution < 1.29 is 4.79 Å². The molecule has 1 heterocycles. The summed E-state index contributed by atoms with van der Waals surface area (Å²) in [7, 11) is 0. The highest BCUT2D eigenvalue weighted by molar-refractivity contribution is 5.50. The fourth-order valence-electron chi connectivity index (χ4n) is 1.91. The lowest BCUT2D eigenvalue weighted by Crippen LogP contribution is -2.23. The summed E-state index contributed by atoms with van der Waals surface area (Å²) in [5, 5.41) is 3.35. The van der Waals surface area contributed by atoms with Crippen LogP contribution in [-0.4, -0.2) is 12.8 Å². The van der Waals surface area contributed by atoms with Crippen molar-refractivity contribution in [2.75, 3.05) is 6.54 Å². The molecule has 0 spiro atoms. The number of fused-ring (bicyclic) bond motifs is 1. The lowest BCUT2D eigenvalue weighted by Gasteiger charge is -2.17. The topological polar surface area (TPSA) is 29.1 Å². The molecule has 0 amide bonds. The van der Waals surface area contributed by atoms with Crippen LogP contribution in [0.2, 0.25) is 0 Å². The molecule has 2 heteroatoms. The third kappa shape index (κ3) is 2.02. The molecule has 2 nitrogen and oxygen atoms in total. The summed E-state index contributed by atoms with van der Waals surface area (Å²) in [5.74, 6) is 0. The Morgan fingerprint density at radius 2 is 2.29 bits per heavy atom. The first-order valence-corrected chi connectivity index (χ1v) is 5.15. The molecule has 0 radical (unpaired) electrons. The Balaban J connectivity index is 2.16. The second kappa shape index (κ2) is 4.38. The maximum Gasteiger partial charge on any atom is 0.120 e. The van der Waals surface area contributed by atoms with E-state index in [0.29, 0.717) is 6.42 Å². The number of nitrogens with one attached hydrogen (secondary N) is 1. The van der Waals surface area contributed by atoms with E-state index in [1.807, 2.05) is 0 Å². The van der Waals surface area contributed by atoms with Crippen LogP contribution in [-0.2, 0) is 24.2 Å². The largest absolute Gasteiger partial charge is 0.312 e. The first-order valence-electron chi connectivity index (χ1n) is 5.15. The van der Waals surface area contributed by atoms with Gasteiger partial charge in [0.15, 0.2) is 0 Å². The number of hydrogen-bond acceptors (Lipinski definition) is 2. The Labute approximate surface area is 84.3 Å². The Morgan fingerprint density at radius 1 is 1.36 bits per heavy atom. The highest BCUT2D eigenvalue weighted by Gasteiger charge is 2.08. The van der Waals surface area contributed by atoms with E-state index >= 15 is 0 Å². The van der Waals surface area contributed by atoms with Crippen LogP contribution in [0.3, 0.4) is 0 Å². The Kier molecular flexibility index (Phi) is 2.94. The summed E-state index contributed by atoms with van der Waals surface area (Å²) in [6.45, 7) is 2.06. The van der Waals surface area contributed by atoms with Gasteiger partial charge in [-0.3, -0.25) is 0 Å². The van der Waals surface area contributed by atoms with Crippen LogP contribution < -0.4 is 5.32 Å². The highest BCUT2D eigenvalue weighted by Crippen LogP contribution is 2.16. The summed E-state index contributed by atoms with van der Waals surface area (Å²) in [6.07, 6.45) is 3.62. The summed E-state index contributed by atoms with van der Waals surface area (Å²) in [6, 6.07) is 6.58. The molecule has 1 aliphatic rings. The highest BCUT2D eigenvalue weighted by atomic mass is 16.1. The normalized spacial score (nSPS) is 14.9. The zero-order chi connectivity index (χ0) is 9.80. The first kappa shape index (κ1) is 9.41. The van der Waals surface area contributed by atoms with Crippen LogP contribution in [0.25, 0.3) is 0 Å². The van der Waals surface area contributed by atoms with Gasteiger partial charge < -0.3 is 10.1 Å². The van der Waals surface area contributed by atoms with Gasteiger partial charge in [0.25, 0.3) is 0 Å². The molecule has 0 aliphatic carbocycles. The number of aldehydes is 1. The maximum atomic E-state index is 10.3. The van der Waals surface area contributed by atoms with Crippen LogP contribution >= 0.6 is 0 Å². The minimum absolute atomic E-state index is 0.631. The summed E-state index contributed by atoms with van der Waals surface area (Å²) in [4.78, 5) is 10.3. The molecular weight excluding hydrogens is 174 g/mol. The van der Waals surface area contributed by atoms with Gasteiger partial charge in [0.2, 0.25) is 0 Å². The van der Waals surface area contributed by atoms with E-state index in [9.17, 15) is 4.79 Å². The van der Waals surface area contributed by atoms with E-state index in [4.69, 9.17) is 0 Å². The molecule has 74 valence electrons. The van der Waals surface area contributed by atoms with E-state index in [1.165, 1.54) is 16.7 Å². The fourth-order valence-corrected chi connectivity index (χ4v) is 1.91. The van der Waals surface area contributed by atoms with Crippen LogP contribution in [0, 0.1) is 0 Å². The van der Waals surface area contributed by atoms with Crippen LogP contribution in [0.5, 0.6) is 0 Å². The molecule has 0 saturated carbocycles. The number of benzene rings is 1. The maximum absolute atomic E-state index is 10.3. The van der Waals surface area contributed by atoms with Gasteiger partial charge >= 0.3 is 0 Å². The lowest BCUT2D eigenvalue weighted by atomic mass is 9.97. The molecule has 1 N–H and O–H groups in total. The number of aryl methyl sites for hydroxylation is 1. The van der Waals surface area contributed by atoms with Gasteiger partial charge in [-0.25, -0.2) is 0 Å². The average Bonchev–Trinajstić information content (AvgIpc) is 2.26. The third-order valence-corrected chi connectivity index (χ3v) is 2.71. The molecule has 0 unspecified atom stereocenters. The van der Waals surface area contributed by atoms with Crippen LogP contribution in [0.1, 0.15) is 23.1 Å². The second-order valence-electron chi connectivity index (χ2n) is 3.74. The Morgan fingerprint density at radius 3 is 3.14 bits per heavy atom. The molecule has 14 heavy (non-hydrogen) atoms. The predicted octanol–water partition coefficient (Wildman–Crippen LogP) is 1.46. The summed E-state index contributed by atoms with van der Waals surface area (Å²) >= 11 is 0. The van der Waals surface area contributed by atoms with Crippen molar-refractivity contribution in [1.82, 2.24) is 5.32 Å². The van der Waals surface area contributed by atoms with Crippen molar-refractivity contribution in [2.45, 2.75) is 25.8 Å². The van der Waals surface area contributed by atoms with E-state index in [2.05, 4.69) is 23.5 Å². The monoisotopic (exact) mass is 189 g/mol. The van der Waals surface area contributed by atoms with Crippen molar-refractivity contribution in [3.63, 3.8) is 0 Å². The molecule has 1 aliphatic heterocycles. The predicted molar refractivity (Wildman–Crippen MR) is 56.2 cm³/mol. The third-order valence-electron chi connectivity index (χ3n) is 2.71. The first-order chi connectivity index (χ1) is 6.90. The molecule has 2 rings (SSSR count). The lowest BCUT2D eigenvalue weighted by molar-refractivity contribution is -0.107. The molecule has 1 aromatic rings.